The Morgan fingerprint density at radius 2 is 2.17 bits per heavy atom. The quantitative estimate of drug-likeness (QED) is 0.737. The standard InChI is InChI=1S/C8H16N4/c1-6(2)5-12(4)8-9-7(3)10-11-8/h6H,5H2,1-4H3,(H,9,10,11). The molecule has 0 fully saturated rings. The number of nitrogens with zero attached hydrogens (tertiary/aromatic N) is 3. The number of nitrogens with one attached hydrogen (secondary N) is 1. The van der Waals surface area contributed by atoms with E-state index in [9.17, 15) is 0 Å². The van der Waals surface area contributed by atoms with Gasteiger partial charge in [0, 0.05) is 13.6 Å². The van der Waals surface area contributed by atoms with Crippen molar-refractivity contribution in [3.05, 3.63) is 5.82 Å². The number of rotatable bonds is 3. The molecule has 4 heteroatoms. The predicted octanol–water partition coefficient (Wildman–Crippen LogP) is 1.21. The highest BCUT2D eigenvalue weighted by molar-refractivity contribution is 5.26. The molecule has 0 radical (unpaired) electrons. The molecular weight excluding hydrogens is 152 g/mol. The Bertz CT molecular complexity index is 241. The van der Waals surface area contributed by atoms with E-state index in [-0.39, 0.29) is 0 Å². The number of H-pyrrole nitrogens is 1. The van der Waals surface area contributed by atoms with Crippen LogP contribution in [0.1, 0.15) is 19.7 Å². The molecule has 0 aliphatic carbocycles. The van der Waals surface area contributed by atoms with Crippen molar-refractivity contribution < 1.29 is 0 Å². The van der Waals surface area contributed by atoms with Gasteiger partial charge in [0.05, 0.1) is 0 Å². The van der Waals surface area contributed by atoms with Crippen molar-refractivity contribution in [2.75, 3.05) is 18.5 Å². The van der Waals surface area contributed by atoms with E-state index in [1.807, 2.05) is 14.0 Å². The average Bonchev–Trinajstić information content (AvgIpc) is 2.34. The molecule has 12 heavy (non-hydrogen) atoms. The van der Waals surface area contributed by atoms with Gasteiger partial charge in [-0.15, -0.1) is 0 Å². The lowest BCUT2D eigenvalue weighted by Gasteiger charge is -2.17. The van der Waals surface area contributed by atoms with Crippen molar-refractivity contribution in [3.63, 3.8) is 0 Å². The maximum Gasteiger partial charge on any atom is 0.221 e. The molecule has 1 N–H and O–H groups in total. The van der Waals surface area contributed by atoms with E-state index in [1.54, 1.807) is 0 Å². The summed E-state index contributed by atoms with van der Waals surface area (Å²) in [4.78, 5) is 6.30. The van der Waals surface area contributed by atoms with Crippen LogP contribution in [0.15, 0.2) is 0 Å². The Kier molecular flexibility index (Phi) is 2.68. The van der Waals surface area contributed by atoms with Crippen LogP contribution < -0.4 is 4.90 Å². The Morgan fingerprint density at radius 3 is 2.58 bits per heavy atom. The van der Waals surface area contributed by atoms with Crippen LogP contribution in [0, 0.1) is 12.8 Å². The largest absolute Gasteiger partial charge is 0.344 e. The minimum atomic E-state index is 0.639. The Labute approximate surface area is 73.0 Å². The first-order chi connectivity index (χ1) is 5.59. The normalized spacial score (nSPS) is 10.8. The molecule has 0 saturated heterocycles. The molecule has 1 rings (SSSR count). The van der Waals surface area contributed by atoms with Crippen LogP contribution in [0.4, 0.5) is 5.95 Å². The third-order valence-corrected chi connectivity index (χ3v) is 1.59. The summed E-state index contributed by atoms with van der Waals surface area (Å²) in [7, 11) is 2.01. The van der Waals surface area contributed by atoms with Gasteiger partial charge in [-0.2, -0.15) is 10.1 Å². The molecule has 0 aromatic carbocycles. The van der Waals surface area contributed by atoms with E-state index in [4.69, 9.17) is 0 Å². The number of aromatic nitrogens is 3. The fraction of sp³-hybridized carbons (Fsp3) is 0.750. The molecule has 1 aromatic heterocycles. The molecule has 0 unspecified atom stereocenters. The van der Waals surface area contributed by atoms with Gasteiger partial charge >= 0.3 is 0 Å². The summed E-state index contributed by atoms with van der Waals surface area (Å²) >= 11 is 0. The summed E-state index contributed by atoms with van der Waals surface area (Å²) in [6.07, 6.45) is 0. The van der Waals surface area contributed by atoms with Crippen LogP contribution in [0.2, 0.25) is 0 Å². The predicted molar refractivity (Wildman–Crippen MR) is 49.2 cm³/mol. The zero-order valence-corrected chi connectivity index (χ0v) is 8.13. The molecule has 0 amide bonds. The monoisotopic (exact) mass is 168 g/mol. The van der Waals surface area contributed by atoms with Gasteiger partial charge in [-0.1, -0.05) is 13.8 Å². The van der Waals surface area contributed by atoms with Crippen LogP contribution >= 0.6 is 0 Å². The zero-order chi connectivity index (χ0) is 9.14. The highest BCUT2D eigenvalue weighted by atomic mass is 15.3. The van der Waals surface area contributed by atoms with E-state index in [0.717, 1.165) is 18.3 Å². The maximum atomic E-state index is 4.22. The Balaban J connectivity index is 2.58. The van der Waals surface area contributed by atoms with E-state index in [0.29, 0.717) is 5.92 Å². The average molecular weight is 168 g/mol. The van der Waals surface area contributed by atoms with Crippen molar-refractivity contribution in [3.8, 4) is 0 Å². The Hall–Kier alpha value is -1.06. The van der Waals surface area contributed by atoms with Crippen LogP contribution in [0.3, 0.4) is 0 Å². The molecule has 0 saturated carbocycles. The maximum absolute atomic E-state index is 4.22. The first kappa shape index (κ1) is 9.03. The van der Waals surface area contributed by atoms with Gasteiger partial charge in [-0.25, -0.2) is 5.10 Å². The highest BCUT2D eigenvalue weighted by Crippen LogP contribution is 2.06. The number of hydrogen-bond acceptors (Lipinski definition) is 3. The lowest BCUT2D eigenvalue weighted by atomic mass is 10.2. The van der Waals surface area contributed by atoms with Gasteiger partial charge in [-0.3, -0.25) is 0 Å². The zero-order valence-electron chi connectivity index (χ0n) is 8.13. The summed E-state index contributed by atoms with van der Waals surface area (Å²) in [6, 6.07) is 0. The van der Waals surface area contributed by atoms with E-state index in [1.165, 1.54) is 0 Å². The van der Waals surface area contributed by atoms with Gasteiger partial charge in [0.15, 0.2) is 0 Å². The minimum absolute atomic E-state index is 0.639. The summed E-state index contributed by atoms with van der Waals surface area (Å²) in [5.41, 5.74) is 0. The molecule has 4 nitrogen and oxygen atoms in total. The van der Waals surface area contributed by atoms with Crippen LogP contribution in [-0.4, -0.2) is 28.8 Å². The van der Waals surface area contributed by atoms with Gasteiger partial charge in [0.1, 0.15) is 5.82 Å². The molecule has 1 aromatic rings. The molecule has 1 heterocycles. The van der Waals surface area contributed by atoms with E-state index >= 15 is 0 Å². The summed E-state index contributed by atoms with van der Waals surface area (Å²) in [5, 5.41) is 6.84. The smallest absolute Gasteiger partial charge is 0.221 e. The lowest BCUT2D eigenvalue weighted by molar-refractivity contribution is 0.630. The molecule has 0 spiro atoms. The molecule has 0 aliphatic rings. The van der Waals surface area contributed by atoms with Crippen molar-refractivity contribution in [1.82, 2.24) is 15.2 Å². The van der Waals surface area contributed by atoms with Crippen molar-refractivity contribution in [2.24, 2.45) is 5.92 Å². The first-order valence-electron chi connectivity index (χ1n) is 4.19. The second-order valence-corrected chi connectivity index (χ2v) is 3.48. The van der Waals surface area contributed by atoms with Crippen molar-refractivity contribution in [1.29, 1.82) is 0 Å². The minimum Gasteiger partial charge on any atom is -0.344 e. The van der Waals surface area contributed by atoms with Crippen LogP contribution in [-0.2, 0) is 0 Å². The van der Waals surface area contributed by atoms with Gasteiger partial charge in [-0.05, 0) is 12.8 Å². The van der Waals surface area contributed by atoms with Crippen LogP contribution in [0.25, 0.3) is 0 Å². The van der Waals surface area contributed by atoms with Gasteiger partial charge < -0.3 is 4.90 Å². The van der Waals surface area contributed by atoms with Crippen molar-refractivity contribution >= 4 is 5.95 Å². The molecule has 0 bridgehead atoms. The third kappa shape index (κ3) is 2.22. The summed E-state index contributed by atoms with van der Waals surface area (Å²) < 4.78 is 0. The lowest BCUT2D eigenvalue weighted by Crippen LogP contribution is -2.23. The topological polar surface area (TPSA) is 44.8 Å². The first-order valence-corrected chi connectivity index (χ1v) is 4.19. The second-order valence-electron chi connectivity index (χ2n) is 3.48. The van der Waals surface area contributed by atoms with E-state index in [2.05, 4.69) is 33.9 Å². The summed E-state index contributed by atoms with van der Waals surface area (Å²) in [6.45, 7) is 7.23. The number of aryl methyl sites for hydroxylation is 1. The molecule has 0 aliphatic heterocycles. The Morgan fingerprint density at radius 1 is 1.50 bits per heavy atom. The highest BCUT2D eigenvalue weighted by Gasteiger charge is 2.06. The van der Waals surface area contributed by atoms with Gasteiger partial charge in [0.25, 0.3) is 0 Å². The molecule has 68 valence electrons. The van der Waals surface area contributed by atoms with Crippen molar-refractivity contribution in [2.45, 2.75) is 20.8 Å². The molecule has 0 atom stereocenters. The fourth-order valence-electron chi connectivity index (χ4n) is 1.14. The van der Waals surface area contributed by atoms with Gasteiger partial charge in [0.2, 0.25) is 5.95 Å². The second kappa shape index (κ2) is 3.56. The SMILES string of the molecule is Cc1n[nH]c(N(C)CC(C)C)n1. The number of anilines is 1. The number of hydrogen-bond donors (Lipinski definition) is 1. The molecular formula is C8H16N4. The summed E-state index contributed by atoms with van der Waals surface area (Å²) in [5.74, 6) is 2.28. The van der Waals surface area contributed by atoms with Crippen LogP contribution in [0.5, 0.6) is 0 Å². The number of aromatic amines is 1. The fourth-order valence-corrected chi connectivity index (χ4v) is 1.14. The third-order valence-electron chi connectivity index (χ3n) is 1.59. The van der Waals surface area contributed by atoms with E-state index < -0.39 is 0 Å².